The number of amides is 1. The van der Waals surface area contributed by atoms with Crippen LogP contribution in [0.25, 0.3) is 0 Å². The summed E-state index contributed by atoms with van der Waals surface area (Å²) in [4.78, 5) is 10.9. The molecule has 1 N–H and O–H groups in total. The highest BCUT2D eigenvalue weighted by Crippen LogP contribution is 2.15. The van der Waals surface area contributed by atoms with Crippen LogP contribution in [0.15, 0.2) is 0 Å². The van der Waals surface area contributed by atoms with Gasteiger partial charge in [0.05, 0.1) is 0 Å². The summed E-state index contributed by atoms with van der Waals surface area (Å²) in [7, 11) is 0. The number of rotatable bonds is 0. The fraction of sp³-hybridized carbons (Fsp3) is 0.875. The molecule has 1 saturated heterocycles. The monoisotopic (exact) mass is 141 g/mol. The van der Waals surface area contributed by atoms with Gasteiger partial charge in [-0.15, -0.1) is 0 Å². The first kappa shape index (κ1) is 7.58. The van der Waals surface area contributed by atoms with Crippen molar-refractivity contribution in [3.05, 3.63) is 0 Å². The van der Waals surface area contributed by atoms with Crippen LogP contribution in [0.3, 0.4) is 0 Å². The van der Waals surface area contributed by atoms with Gasteiger partial charge in [-0.1, -0.05) is 6.92 Å². The molecule has 2 heteroatoms. The van der Waals surface area contributed by atoms with Gasteiger partial charge in [0, 0.05) is 12.5 Å². The number of carbonyl (C=O) groups is 1. The highest BCUT2D eigenvalue weighted by Gasteiger charge is 2.16. The van der Waals surface area contributed by atoms with Crippen molar-refractivity contribution >= 4 is 5.91 Å². The Morgan fingerprint density at radius 1 is 1.50 bits per heavy atom. The number of hydrogen-bond acceptors (Lipinski definition) is 1. The Kier molecular flexibility index (Phi) is 2.30. The predicted octanol–water partition coefficient (Wildman–Crippen LogP) is 1.31. The van der Waals surface area contributed by atoms with Gasteiger partial charge in [-0.3, -0.25) is 4.79 Å². The zero-order valence-electron chi connectivity index (χ0n) is 6.68. The fourth-order valence-corrected chi connectivity index (χ4v) is 1.50. The largest absolute Gasteiger partial charge is 0.354 e. The summed E-state index contributed by atoms with van der Waals surface area (Å²) in [5, 5.41) is 2.93. The summed E-state index contributed by atoms with van der Waals surface area (Å²) in [6, 6.07) is 0.380. The van der Waals surface area contributed by atoms with E-state index in [9.17, 15) is 4.79 Å². The lowest BCUT2D eigenvalue weighted by atomic mass is 10.0. The molecule has 1 amide bonds. The zero-order valence-corrected chi connectivity index (χ0v) is 6.68. The molecule has 1 fully saturated rings. The van der Waals surface area contributed by atoms with Crippen molar-refractivity contribution in [3.8, 4) is 0 Å². The molecule has 1 aliphatic heterocycles. The van der Waals surface area contributed by atoms with Crippen molar-refractivity contribution in [3.63, 3.8) is 0 Å². The SMILES string of the molecule is CC1CCC(=O)NC(C)C1. The molecular weight excluding hydrogens is 126 g/mol. The van der Waals surface area contributed by atoms with Gasteiger partial charge in [0.15, 0.2) is 0 Å². The van der Waals surface area contributed by atoms with Crippen molar-refractivity contribution in [1.29, 1.82) is 0 Å². The third-order valence-electron chi connectivity index (χ3n) is 2.03. The van der Waals surface area contributed by atoms with Gasteiger partial charge in [0.2, 0.25) is 5.91 Å². The molecule has 2 nitrogen and oxygen atoms in total. The van der Waals surface area contributed by atoms with Crippen LogP contribution in [-0.2, 0) is 4.79 Å². The first-order valence-electron chi connectivity index (χ1n) is 3.98. The average Bonchev–Trinajstić information content (AvgIpc) is 1.93. The molecule has 0 bridgehead atoms. The molecule has 0 saturated carbocycles. The van der Waals surface area contributed by atoms with Crippen LogP contribution < -0.4 is 5.32 Å². The molecule has 0 aromatic heterocycles. The summed E-state index contributed by atoms with van der Waals surface area (Å²) in [6.07, 6.45) is 2.90. The molecule has 1 rings (SSSR count). The Bertz CT molecular complexity index is 133. The lowest BCUT2D eigenvalue weighted by Gasteiger charge is -2.11. The lowest BCUT2D eigenvalue weighted by Crippen LogP contribution is -2.30. The van der Waals surface area contributed by atoms with Gasteiger partial charge in [-0.25, -0.2) is 0 Å². The van der Waals surface area contributed by atoms with Crippen molar-refractivity contribution in [2.45, 2.75) is 39.2 Å². The van der Waals surface area contributed by atoms with Crippen molar-refractivity contribution in [2.24, 2.45) is 5.92 Å². The molecular formula is C8H15NO. The van der Waals surface area contributed by atoms with Gasteiger partial charge in [-0.2, -0.15) is 0 Å². The maximum Gasteiger partial charge on any atom is 0.220 e. The molecule has 0 aliphatic carbocycles. The lowest BCUT2D eigenvalue weighted by molar-refractivity contribution is -0.121. The van der Waals surface area contributed by atoms with Gasteiger partial charge < -0.3 is 5.32 Å². The topological polar surface area (TPSA) is 29.1 Å². The van der Waals surface area contributed by atoms with Crippen LogP contribution in [0.4, 0.5) is 0 Å². The van der Waals surface area contributed by atoms with Crippen LogP contribution in [0, 0.1) is 5.92 Å². The second-order valence-electron chi connectivity index (χ2n) is 3.35. The second kappa shape index (κ2) is 3.04. The van der Waals surface area contributed by atoms with Crippen molar-refractivity contribution in [2.75, 3.05) is 0 Å². The smallest absolute Gasteiger partial charge is 0.220 e. The number of nitrogens with one attached hydrogen (secondary N) is 1. The molecule has 0 aromatic carbocycles. The molecule has 0 radical (unpaired) electrons. The van der Waals surface area contributed by atoms with E-state index in [4.69, 9.17) is 0 Å². The highest BCUT2D eigenvalue weighted by atomic mass is 16.1. The Hall–Kier alpha value is -0.530. The van der Waals surface area contributed by atoms with Crippen LogP contribution in [-0.4, -0.2) is 11.9 Å². The first-order valence-corrected chi connectivity index (χ1v) is 3.98. The van der Waals surface area contributed by atoms with Crippen molar-refractivity contribution in [1.82, 2.24) is 5.32 Å². The number of carbonyl (C=O) groups excluding carboxylic acids is 1. The molecule has 10 heavy (non-hydrogen) atoms. The highest BCUT2D eigenvalue weighted by molar-refractivity contribution is 5.76. The zero-order chi connectivity index (χ0) is 7.56. The van der Waals surface area contributed by atoms with Gasteiger partial charge >= 0.3 is 0 Å². The summed E-state index contributed by atoms with van der Waals surface area (Å²) < 4.78 is 0. The van der Waals surface area contributed by atoms with Gasteiger partial charge in [0.1, 0.15) is 0 Å². The molecule has 2 atom stereocenters. The van der Waals surface area contributed by atoms with E-state index in [1.807, 2.05) is 0 Å². The summed E-state index contributed by atoms with van der Waals surface area (Å²) >= 11 is 0. The second-order valence-corrected chi connectivity index (χ2v) is 3.35. The van der Waals surface area contributed by atoms with E-state index in [1.54, 1.807) is 0 Å². The number of hydrogen-bond donors (Lipinski definition) is 1. The third kappa shape index (κ3) is 2.01. The van der Waals surface area contributed by atoms with Crippen LogP contribution >= 0.6 is 0 Å². The minimum atomic E-state index is 0.219. The Balaban J connectivity index is 2.46. The van der Waals surface area contributed by atoms with Gasteiger partial charge in [0.25, 0.3) is 0 Å². The Morgan fingerprint density at radius 3 is 2.90 bits per heavy atom. The molecule has 1 heterocycles. The Labute approximate surface area is 62.0 Å². The Morgan fingerprint density at radius 2 is 2.20 bits per heavy atom. The van der Waals surface area contributed by atoms with Gasteiger partial charge in [-0.05, 0) is 25.7 Å². The van der Waals surface area contributed by atoms with Crippen LogP contribution in [0.1, 0.15) is 33.1 Å². The van der Waals surface area contributed by atoms with Crippen LogP contribution in [0.5, 0.6) is 0 Å². The van der Waals surface area contributed by atoms with E-state index in [0.29, 0.717) is 18.4 Å². The minimum absolute atomic E-state index is 0.219. The normalized spacial score (nSPS) is 34.8. The predicted molar refractivity (Wildman–Crippen MR) is 40.6 cm³/mol. The van der Waals surface area contributed by atoms with E-state index in [2.05, 4.69) is 19.2 Å². The molecule has 0 spiro atoms. The average molecular weight is 141 g/mol. The maximum absolute atomic E-state index is 10.9. The summed E-state index contributed by atoms with van der Waals surface area (Å²) in [5.74, 6) is 0.922. The summed E-state index contributed by atoms with van der Waals surface area (Å²) in [5.41, 5.74) is 0. The van der Waals surface area contributed by atoms with E-state index < -0.39 is 0 Å². The molecule has 0 aromatic rings. The van der Waals surface area contributed by atoms with Crippen molar-refractivity contribution < 1.29 is 4.79 Å². The summed E-state index contributed by atoms with van der Waals surface area (Å²) in [6.45, 7) is 4.27. The fourth-order valence-electron chi connectivity index (χ4n) is 1.50. The maximum atomic E-state index is 10.9. The van der Waals surface area contributed by atoms with Crippen LogP contribution in [0.2, 0.25) is 0 Å². The first-order chi connectivity index (χ1) is 4.68. The standard InChI is InChI=1S/C8H15NO/c1-6-3-4-8(10)9-7(2)5-6/h6-7H,3-5H2,1-2H3,(H,9,10). The molecule has 58 valence electrons. The van der Waals surface area contributed by atoms with E-state index >= 15 is 0 Å². The van der Waals surface area contributed by atoms with E-state index in [1.165, 1.54) is 0 Å². The molecule has 1 aliphatic rings. The minimum Gasteiger partial charge on any atom is -0.354 e. The van der Waals surface area contributed by atoms with E-state index in [-0.39, 0.29) is 5.91 Å². The quantitative estimate of drug-likeness (QED) is 0.541. The molecule has 2 unspecified atom stereocenters. The third-order valence-corrected chi connectivity index (χ3v) is 2.03. The van der Waals surface area contributed by atoms with E-state index in [0.717, 1.165) is 12.8 Å².